The van der Waals surface area contributed by atoms with Crippen molar-refractivity contribution in [1.29, 1.82) is 0 Å². The lowest BCUT2D eigenvalue weighted by Gasteiger charge is -2.38. The van der Waals surface area contributed by atoms with E-state index in [-0.39, 0.29) is 17.5 Å². The lowest BCUT2D eigenvalue weighted by atomic mass is 9.91. The third-order valence-electron chi connectivity index (χ3n) is 5.91. The number of halogens is 3. The summed E-state index contributed by atoms with van der Waals surface area (Å²) in [6.45, 7) is 2.00. The molecule has 0 aromatic heterocycles. The van der Waals surface area contributed by atoms with E-state index < -0.39 is 11.7 Å². The van der Waals surface area contributed by atoms with Crippen LogP contribution in [0.4, 0.5) is 18.9 Å². The molecule has 0 spiro atoms. The first-order valence-corrected chi connectivity index (χ1v) is 9.74. The summed E-state index contributed by atoms with van der Waals surface area (Å²) in [4.78, 5) is 16.9. The van der Waals surface area contributed by atoms with Crippen molar-refractivity contribution in [1.82, 2.24) is 4.90 Å². The molecule has 2 unspecified atom stereocenters. The van der Waals surface area contributed by atoms with Gasteiger partial charge in [-0.25, -0.2) is 0 Å². The number of likely N-dealkylation sites (tertiary alicyclic amines) is 1. The number of rotatable bonds is 3. The molecular weight excluding hydrogens is 381 g/mol. The van der Waals surface area contributed by atoms with Crippen molar-refractivity contribution in [2.24, 2.45) is 5.92 Å². The van der Waals surface area contributed by atoms with Gasteiger partial charge in [-0.05, 0) is 61.2 Å². The Morgan fingerprint density at radius 2 is 1.86 bits per heavy atom. The van der Waals surface area contributed by atoms with Gasteiger partial charge in [0.25, 0.3) is 5.91 Å². The molecule has 2 aliphatic heterocycles. The van der Waals surface area contributed by atoms with E-state index in [1.54, 1.807) is 12.0 Å². The highest BCUT2D eigenvalue weighted by molar-refractivity contribution is 5.94. The predicted octanol–water partition coefficient (Wildman–Crippen LogP) is 4.46. The average molecular weight is 404 g/mol. The summed E-state index contributed by atoms with van der Waals surface area (Å²) in [5.41, 5.74) is 0.378. The van der Waals surface area contributed by atoms with Crippen LogP contribution in [0.15, 0.2) is 48.5 Å². The van der Waals surface area contributed by atoms with Gasteiger partial charge >= 0.3 is 6.18 Å². The van der Waals surface area contributed by atoms with Crippen LogP contribution in [0.25, 0.3) is 0 Å². The van der Waals surface area contributed by atoms with Crippen LogP contribution in [0.5, 0.6) is 5.75 Å². The molecule has 0 aliphatic carbocycles. The minimum absolute atomic E-state index is 0.0921. The van der Waals surface area contributed by atoms with Crippen LogP contribution < -0.4 is 9.64 Å². The number of fused-ring (bicyclic) bond motifs is 1. The zero-order valence-electron chi connectivity index (χ0n) is 16.2. The number of anilines is 1. The molecule has 2 aromatic carbocycles. The number of carbonyl (C=O) groups is 1. The van der Waals surface area contributed by atoms with Gasteiger partial charge in [-0.3, -0.25) is 4.79 Å². The van der Waals surface area contributed by atoms with E-state index in [0.29, 0.717) is 19.0 Å². The molecule has 2 saturated heterocycles. The maximum absolute atomic E-state index is 13.0. The summed E-state index contributed by atoms with van der Waals surface area (Å²) in [6.07, 6.45) is -2.41. The Bertz CT molecular complexity index is 882. The molecule has 0 bridgehead atoms. The molecule has 4 nitrogen and oxygen atoms in total. The van der Waals surface area contributed by atoms with Crippen molar-refractivity contribution in [3.8, 4) is 5.75 Å². The van der Waals surface area contributed by atoms with E-state index in [1.807, 2.05) is 24.3 Å². The summed E-state index contributed by atoms with van der Waals surface area (Å²) in [5.74, 6) is 0.774. The van der Waals surface area contributed by atoms with Crippen LogP contribution in [-0.2, 0) is 6.18 Å². The molecule has 2 aromatic rings. The zero-order valence-corrected chi connectivity index (χ0v) is 16.2. The number of hydrogen-bond acceptors (Lipinski definition) is 3. The number of benzene rings is 2. The molecular formula is C22H23F3N2O2. The van der Waals surface area contributed by atoms with Gasteiger partial charge in [0.2, 0.25) is 0 Å². The minimum Gasteiger partial charge on any atom is -0.497 e. The highest BCUT2D eigenvalue weighted by atomic mass is 19.4. The van der Waals surface area contributed by atoms with Gasteiger partial charge in [-0.2, -0.15) is 13.2 Å². The summed E-state index contributed by atoms with van der Waals surface area (Å²) in [7, 11) is 1.63. The van der Waals surface area contributed by atoms with Crippen LogP contribution in [0, 0.1) is 5.92 Å². The quantitative estimate of drug-likeness (QED) is 0.758. The maximum atomic E-state index is 13.0. The fourth-order valence-corrected chi connectivity index (χ4v) is 4.45. The van der Waals surface area contributed by atoms with Crippen LogP contribution in [0.1, 0.15) is 28.8 Å². The van der Waals surface area contributed by atoms with E-state index in [0.717, 1.165) is 43.0 Å². The van der Waals surface area contributed by atoms with Crippen LogP contribution >= 0.6 is 0 Å². The van der Waals surface area contributed by atoms with Gasteiger partial charge in [0.1, 0.15) is 5.75 Å². The van der Waals surface area contributed by atoms with Crippen LogP contribution in [0.2, 0.25) is 0 Å². The second kappa shape index (κ2) is 7.61. The Morgan fingerprint density at radius 3 is 2.55 bits per heavy atom. The molecule has 0 N–H and O–H groups in total. The molecule has 2 aliphatic rings. The first kappa shape index (κ1) is 19.6. The second-order valence-electron chi connectivity index (χ2n) is 7.65. The zero-order chi connectivity index (χ0) is 20.6. The number of carbonyl (C=O) groups excluding carboxylic acids is 1. The lowest BCUT2D eigenvalue weighted by molar-refractivity contribution is -0.137. The van der Waals surface area contributed by atoms with E-state index >= 15 is 0 Å². The highest BCUT2D eigenvalue weighted by Gasteiger charge is 2.41. The van der Waals surface area contributed by atoms with Crippen molar-refractivity contribution >= 4 is 11.6 Å². The Hall–Kier alpha value is -2.70. The van der Waals surface area contributed by atoms with Crippen LogP contribution in [-0.4, -0.2) is 43.6 Å². The SMILES string of the molecule is COc1ccc(N2CCCC3CN(C(=O)c4cccc(C(F)(F)F)c4)CC32)cc1. The standard InChI is InChI=1S/C22H23F3N2O2/c1-29-19-9-7-18(8-10-19)27-11-3-5-16-13-26(14-20(16)27)21(28)15-4-2-6-17(12-15)22(23,24)25/h2,4,6-10,12,16,20H,3,5,11,13-14H2,1H3. The van der Waals surface area contributed by atoms with E-state index in [1.165, 1.54) is 12.1 Å². The predicted molar refractivity (Wildman–Crippen MR) is 104 cm³/mol. The maximum Gasteiger partial charge on any atom is 0.416 e. The van der Waals surface area contributed by atoms with E-state index in [2.05, 4.69) is 4.90 Å². The molecule has 1 amide bonds. The number of ether oxygens (including phenoxy) is 1. The average Bonchev–Trinajstić information content (AvgIpc) is 3.17. The molecule has 2 fully saturated rings. The van der Waals surface area contributed by atoms with Crippen molar-refractivity contribution < 1.29 is 22.7 Å². The first-order chi connectivity index (χ1) is 13.9. The van der Waals surface area contributed by atoms with Crippen molar-refractivity contribution in [3.63, 3.8) is 0 Å². The summed E-state index contributed by atoms with van der Waals surface area (Å²) in [5, 5.41) is 0. The van der Waals surface area contributed by atoms with Gasteiger partial charge in [0.05, 0.1) is 18.7 Å². The summed E-state index contributed by atoms with van der Waals surface area (Å²) < 4.78 is 44.2. The summed E-state index contributed by atoms with van der Waals surface area (Å²) in [6, 6.07) is 12.7. The number of alkyl halides is 3. The number of methoxy groups -OCH3 is 1. The Labute approximate surface area is 167 Å². The molecule has 29 heavy (non-hydrogen) atoms. The molecule has 2 heterocycles. The lowest BCUT2D eigenvalue weighted by Crippen LogP contribution is -2.45. The fourth-order valence-electron chi connectivity index (χ4n) is 4.45. The molecule has 0 radical (unpaired) electrons. The summed E-state index contributed by atoms with van der Waals surface area (Å²) >= 11 is 0. The van der Waals surface area contributed by atoms with E-state index in [4.69, 9.17) is 4.74 Å². The molecule has 154 valence electrons. The number of piperidine rings is 1. The fraction of sp³-hybridized carbons (Fsp3) is 0.409. The molecule has 4 rings (SSSR count). The first-order valence-electron chi connectivity index (χ1n) is 9.74. The smallest absolute Gasteiger partial charge is 0.416 e. The number of hydrogen-bond donors (Lipinski definition) is 0. The van der Waals surface area contributed by atoms with Gasteiger partial charge in [-0.1, -0.05) is 6.07 Å². The highest BCUT2D eigenvalue weighted by Crippen LogP contribution is 2.36. The third kappa shape index (κ3) is 3.91. The van der Waals surface area contributed by atoms with Crippen LogP contribution in [0.3, 0.4) is 0 Å². The normalized spacial score (nSPS) is 21.8. The van der Waals surface area contributed by atoms with Gasteiger partial charge in [0.15, 0.2) is 0 Å². The topological polar surface area (TPSA) is 32.8 Å². The monoisotopic (exact) mass is 404 g/mol. The van der Waals surface area contributed by atoms with Crippen molar-refractivity contribution in [3.05, 3.63) is 59.7 Å². The van der Waals surface area contributed by atoms with Gasteiger partial charge < -0.3 is 14.5 Å². The van der Waals surface area contributed by atoms with Crippen molar-refractivity contribution in [2.45, 2.75) is 25.1 Å². The molecule has 0 saturated carbocycles. The Kier molecular flexibility index (Phi) is 5.15. The van der Waals surface area contributed by atoms with E-state index in [9.17, 15) is 18.0 Å². The largest absolute Gasteiger partial charge is 0.497 e. The Morgan fingerprint density at radius 1 is 1.10 bits per heavy atom. The van der Waals surface area contributed by atoms with Gasteiger partial charge in [-0.15, -0.1) is 0 Å². The minimum atomic E-state index is -4.46. The number of amides is 1. The second-order valence-corrected chi connectivity index (χ2v) is 7.65. The van der Waals surface area contributed by atoms with Gasteiger partial charge in [0, 0.05) is 30.9 Å². The Balaban J connectivity index is 1.52. The molecule has 7 heteroatoms. The molecule has 2 atom stereocenters. The van der Waals surface area contributed by atoms with Crippen molar-refractivity contribution in [2.75, 3.05) is 31.6 Å². The third-order valence-corrected chi connectivity index (χ3v) is 5.91. The number of nitrogens with zero attached hydrogens (tertiary/aromatic N) is 2.